The number of hydrazone groups is 1. The molecule has 0 saturated heterocycles. The average Bonchev–Trinajstić information content (AvgIpc) is 3.22. The van der Waals surface area contributed by atoms with Crippen LogP contribution in [-0.2, 0) is 4.74 Å². The minimum Gasteiger partial charge on any atom is -0.465 e. The lowest BCUT2D eigenvalue weighted by Gasteiger charge is -2.14. The van der Waals surface area contributed by atoms with Gasteiger partial charge in [0.25, 0.3) is 5.91 Å². The molecule has 1 amide bonds. The Morgan fingerprint density at radius 2 is 1.72 bits per heavy atom. The number of thiazole rings is 1. The number of carbonyl (C=O) groups is 2. The second kappa shape index (κ2) is 9.07. The molecule has 0 N–H and O–H groups in total. The Kier molecular flexibility index (Phi) is 6.04. The lowest BCUT2D eigenvalue weighted by molar-refractivity contribution is 0.0600. The van der Waals surface area contributed by atoms with E-state index in [4.69, 9.17) is 4.74 Å². The smallest absolute Gasteiger partial charge is 0.337 e. The molecular formula is C24H18FN3O3S. The zero-order chi connectivity index (χ0) is 22.7. The van der Waals surface area contributed by atoms with Gasteiger partial charge in [0.05, 0.1) is 29.1 Å². The number of esters is 1. The van der Waals surface area contributed by atoms with Crippen LogP contribution in [0.1, 0.15) is 31.8 Å². The lowest BCUT2D eigenvalue weighted by Crippen LogP contribution is -2.25. The first-order valence-corrected chi connectivity index (χ1v) is 10.5. The van der Waals surface area contributed by atoms with E-state index in [0.717, 1.165) is 22.5 Å². The fraction of sp³-hybridized carbons (Fsp3) is 0.0833. The molecule has 160 valence electrons. The number of hydrogen-bond acceptors (Lipinski definition) is 6. The van der Waals surface area contributed by atoms with Crippen LogP contribution in [0.4, 0.5) is 9.52 Å². The quantitative estimate of drug-likeness (QED) is 0.239. The van der Waals surface area contributed by atoms with Crippen molar-refractivity contribution in [1.82, 2.24) is 4.98 Å². The van der Waals surface area contributed by atoms with E-state index in [2.05, 4.69) is 10.1 Å². The number of hydrogen-bond donors (Lipinski definition) is 0. The number of methoxy groups -OCH3 is 1. The van der Waals surface area contributed by atoms with Gasteiger partial charge in [0.2, 0.25) is 5.13 Å². The van der Waals surface area contributed by atoms with Crippen LogP contribution in [0.2, 0.25) is 0 Å². The van der Waals surface area contributed by atoms with Crippen LogP contribution in [0.15, 0.2) is 71.8 Å². The number of amides is 1. The fourth-order valence-electron chi connectivity index (χ4n) is 2.93. The summed E-state index contributed by atoms with van der Waals surface area (Å²) in [4.78, 5) is 29.4. The molecule has 0 unspecified atom stereocenters. The van der Waals surface area contributed by atoms with Gasteiger partial charge in [-0.2, -0.15) is 10.1 Å². The zero-order valence-corrected chi connectivity index (χ0v) is 18.1. The van der Waals surface area contributed by atoms with Crippen molar-refractivity contribution < 1.29 is 18.7 Å². The number of anilines is 1. The maximum absolute atomic E-state index is 13.6. The first-order valence-electron chi connectivity index (χ1n) is 9.64. The molecule has 0 aliphatic carbocycles. The van der Waals surface area contributed by atoms with E-state index >= 15 is 0 Å². The second-order valence-corrected chi connectivity index (χ2v) is 7.96. The van der Waals surface area contributed by atoms with Crippen molar-refractivity contribution in [3.63, 3.8) is 0 Å². The van der Waals surface area contributed by atoms with Gasteiger partial charge in [-0.3, -0.25) is 4.79 Å². The van der Waals surface area contributed by atoms with Gasteiger partial charge in [-0.15, -0.1) is 0 Å². The maximum atomic E-state index is 13.6. The van der Waals surface area contributed by atoms with Gasteiger partial charge in [0.1, 0.15) is 5.82 Å². The molecule has 0 radical (unpaired) electrons. The van der Waals surface area contributed by atoms with E-state index in [1.165, 1.54) is 48.5 Å². The molecule has 0 aliphatic rings. The Hall–Kier alpha value is -3.91. The molecule has 4 aromatic rings. The zero-order valence-electron chi connectivity index (χ0n) is 17.3. The van der Waals surface area contributed by atoms with Gasteiger partial charge in [-0.05, 0) is 55.0 Å². The van der Waals surface area contributed by atoms with E-state index in [1.54, 1.807) is 12.3 Å². The summed E-state index contributed by atoms with van der Waals surface area (Å²) in [7, 11) is 1.29. The Labute approximate surface area is 187 Å². The molecule has 1 heterocycles. The number of benzene rings is 3. The average molecular weight is 447 g/mol. The van der Waals surface area contributed by atoms with Gasteiger partial charge in [-0.25, -0.2) is 14.2 Å². The van der Waals surface area contributed by atoms with Crippen LogP contribution in [0, 0.1) is 12.7 Å². The predicted octanol–water partition coefficient (Wildman–Crippen LogP) is 5.21. The van der Waals surface area contributed by atoms with Gasteiger partial charge in [0, 0.05) is 5.56 Å². The Bertz CT molecular complexity index is 1310. The van der Waals surface area contributed by atoms with Crippen molar-refractivity contribution in [2.45, 2.75) is 6.92 Å². The van der Waals surface area contributed by atoms with Crippen LogP contribution in [0.5, 0.6) is 0 Å². The first kappa shape index (κ1) is 21.3. The molecule has 0 bridgehead atoms. The summed E-state index contributed by atoms with van der Waals surface area (Å²) in [6.07, 6.45) is 1.56. The van der Waals surface area contributed by atoms with Crippen LogP contribution in [0.25, 0.3) is 10.2 Å². The Morgan fingerprint density at radius 3 is 2.41 bits per heavy atom. The van der Waals surface area contributed by atoms with Gasteiger partial charge in [0.15, 0.2) is 0 Å². The number of carbonyl (C=O) groups excluding carboxylic acids is 2. The summed E-state index contributed by atoms with van der Waals surface area (Å²) >= 11 is 1.16. The van der Waals surface area contributed by atoms with E-state index in [-0.39, 0.29) is 5.82 Å². The number of ether oxygens (including phenoxy) is 1. The highest BCUT2D eigenvalue weighted by Crippen LogP contribution is 2.30. The molecular weight excluding hydrogens is 429 g/mol. The van der Waals surface area contributed by atoms with Crippen molar-refractivity contribution in [2.75, 3.05) is 12.1 Å². The van der Waals surface area contributed by atoms with Gasteiger partial charge < -0.3 is 4.74 Å². The van der Waals surface area contributed by atoms with E-state index in [1.807, 2.05) is 31.2 Å². The summed E-state index contributed by atoms with van der Waals surface area (Å²) < 4.78 is 18.9. The van der Waals surface area contributed by atoms with E-state index in [9.17, 15) is 14.0 Å². The van der Waals surface area contributed by atoms with Crippen molar-refractivity contribution in [2.24, 2.45) is 5.10 Å². The normalized spacial score (nSPS) is 11.1. The van der Waals surface area contributed by atoms with Gasteiger partial charge >= 0.3 is 5.97 Å². The molecule has 4 rings (SSSR count). The highest BCUT2D eigenvalue weighted by atomic mass is 32.1. The Balaban J connectivity index is 1.72. The number of rotatable bonds is 5. The molecule has 0 atom stereocenters. The first-order chi connectivity index (χ1) is 15.4. The third kappa shape index (κ3) is 4.55. The molecule has 0 spiro atoms. The number of nitrogens with zero attached hydrogens (tertiary/aromatic N) is 3. The van der Waals surface area contributed by atoms with Crippen molar-refractivity contribution in [3.05, 3.63) is 94.8 Å². The topological polar surface area (TPSA) is 71.9 Å². The maximum Gasteiger partial charge on any atom is 0.337 e. The molecule has 3 aromatic carbocycles. The van der Waals surface area contributed by atoms with Crippen LogP contribution in [0.3, 0.4) is 0 Å². The SMILES string of the molecule is COC(=O)c1ccc(C(=O)N(/N=C/c2ccc(C)cc2)c2nc3ccc(F)cc3s2)cc1. The van der Waals surface area contributed by atoms with E-state index in [0.29, 0.717) is 26.5 Å². The number of fused-ring (bicyclic) bond motifs is 1. The third-order valence-electron chi connectivity index (χ3n) is 4.67. The van der Waals surface area contributed by atoms with Crippen LogP contribution < -0.4 is 5.01 Å². The Morgan fingerprint density at radius 1 is 1.03 bits per heavy atom. The van der Waals surface area contributed by atoms with Crippen molar-refractivity contribution in [1.29, 1.82) is 0 Å². The van der Waals surface area contributed by atoms with Crippen LogP contribution in [-0.4, -0.2) is 30.2 Å². The highest BCUT2D eigenvalue weighted by Gasteiger charge is 2.21. The molecule has 6 nitrogen and oxygen atoms in total. The predicted molar refractivity (Wildman–Crippen MR) is 123 cm³/mol. The largest absolute Gasteiger partial charge is 0.465 e. The molecule has 32 heavy (non-hydrogen) atoms. The summed E-state index contributed by atoms with van der Waals surface area (Å²) in [5.74, 6) is -1.32. The standard InChI is InChI=1S/C24H18FN3O3S/c1-15-3-5-16(6-4-15)14-26-28(24-27-20-12-11-19(25)13-21(20)32-24)22(29)17-7-9-18(10-8-17)23(30)31-2/h3-14H,1-2H3/b26-14+. The molecule has 0 fully saturated rings. The lowest BCUT2D eigenvalue weighted by atomic mass is 10.1. The highest BCUT2D eigenvalue weighted by molar-refractivity contribution is 7.22. The molecule has 1 aromatic heterocycles. The minimum absolute atomic E-state index is 0.302. The minimum atomic E-state index is -0.494. The van der Waals surface area contributed by atoms with Crippen molar-refractivity contribution in [3.8, 4) is 0 Å². The van der Waals surface area contributed by atoms with Gasteiger partial charge in [-0.1, -0.05) is 41.2 Å². The molecule has 0 saturated carbocycles. The molecule has 0 aliphatic heterocycles. The number of aromatic nitrogens is 1. The van der Waals surface area contributed by atoms with Crippen LogP contribution >= 0.6 is 11.3 Å². The molecule has 8 heteroatoms. The summed E-state index contributed by atoms with van der Waals surface area (Å²) in [6.45, 7) is 1.98. The van der Waals surface area contributed by atoms with Crippen molar-refractivity contribution >= 4 is 44.8 Å². The summed E-state index contributed by atoms with van der Waals surface area (Å²) in [5, 5.41) is 5.86. The third-order valence-corrected chi connectivity index (χ3v) is 5.66. The van der Waals surface area contributed by atoms with E-state index < -0.39 is 11.9 Å². The summed E-state index contributed by atoms with van der Waals surface area (Å²) in [5.41, 5.74) is 3.12. The second-order valence-electron chi connectivity index (χ2n) is 6.95. The number of halogens is 1. The number of aryl methyl sites for hydroxylation is 1. The summed E-state index contributed by atoms with van der Waals surface area (Å²) in [6, 6.07) is 18.0. The fourth-order valence-corrected chi connectivity index (χ4v) is 3.88. The monoisotopic (exact) mass is 447 g/mol.